The molecule has 6 heteroatoms. The van der Waals surface area contributed by atoms with E-state index in [9.17, 15) is 9.18 Å². The molecular weight excluding hydrogens is 281 g/mol. The molecule has 0 saturated carbocycles. The molecule has 0 aliphatic carbocycles. The molecule has 0 bridgehead atoms. The maximum Gasteiger partial charge on any atom is 0.235 e. The highest BCUT2D eigenvalue weighted by atomic mass is 79.9. The highest BCUT2D eigenvalue weighted by Crippen LogP contribution is 2.33. The first-order chi connectivity index (χ1) is 7.63. The quantitative estimate of drug-likeness (QED) is 0.865. The smallest absolute Gasteiger partial charge is 0.235 e. The van der Waals surface area contributed by atoms with Crippen LogP contribution in [0.2, 0.25) is 0 Å². The SMILES string of the molecule is COc1ccc(NC(=O)CBr)c(OC)c1F. The molecule has 0 spiro atoms. The molecule has 0 heterocycles. The number of anilines is 1. The minimum absolute atomic E-state index is 0.0475. The van der Waals surface area contributed by atoms with Crippen molar-refractivity contribution in [3.63, 3.8) is 0 Å². The van der Waals surface area contributed by atoms with Crippen molar-refractivity contribution in [1.29, 1.82) is 0 Å². The van der Waals surface area contributed by atoms with Crippen LogP contribution in [0.4, 0.5) is 10.1 Å². The molecule has 0 fully saturated rings. The molecule has 1 aromatic rings. The van der Waals surface area contributed by atoms with Crippen LogP contribution in [0, 0.1) is 5.82 Å². The molecular formula is C10H11BrFNO3. The van der Waals surface area contributed by atoms with E-state index in [1.807, 2.05) is 0 Å². The second-order valence-electron chi connectivity index (χ2n) is 2.84. The van der Waals surface area contributed by atoms with Crippen molar-refractivity contribution in [1.82, 2.24) is 0 Å². The van der Waals surface area contributed by atoms with Crippen LogP contribution in [0.1, 0.15) is 0 Å². The number of benzene rings is 1. The van der Waals surface area contributed by atoms with Crippen LogP contribution >= 0.6 is 15.9 Å². The lowest BCUT2D eigenvalue weighted by molar-refractivity contribution is -0.113. The van der Waals surface area contributed by atoms with Gasteiger partial charge >= 0.3 is 0 Å². The van der Waals surface area contributed by atoms with Crippen LogP contribution in [0.3, 0.4) is 0 Å². The fourth-order valence-corrected chi connectivity index (χ4v) is 1.32. The molecule has 0 aliphatic heterocycles. The molecule has 0 aliphatic rings. The number of hydrogen-bond acceptors (Lipinski definition) is 3. The van der Waals surface area contributed by atoms with Crippen molar-refractivity contribution in [3.05, 3.63) is 17.9 Å². The van der Waals surface area contributed by atoms with E-state index in [1.54, 1.807) is 0 Å². The minimum Gasteiger partial charge on any atom is -0.494 e. The van der Waals surface area contributed by atoms with Crippen LogP contribution in [-0.4, -0.2) is 25.5 Å². The van der Waals surface area contributed by atoms with Crippen LogP contribution in [0.25, 0.3) is 0 Å². The van der Waals surface area contributed by atoms with E-state index in [-0.39, 0.29) is 28.4 Å². The van der Waals surface area contributed by atoms with Gasteiger partial charge in [-0.3, -0.25) is 4.79 Å². The Morgan fingerprint density at radius 3 is 2.62 bits per heavy atom. The Morgan fingerprint density at radius 2 is 2.12 bits per heavy atom. The third-order valence-corrected chi connectivity index (χ3v) is 2.39. The van der Waals surface area contributed by atoms with Gasteiger partial charge in [0.2, 0.25) is 11.7 Å². The van der Waals surface area contributed by atoms with Crippen molar-refractivity contribution in [2.24, 2.45) is 0 Å². The number of ether oxygens (including phenoxy) is 2. The number of alkyl halides is 1. The van der Waals surface area contributed by atoms with Crippen molar-refractivity contribution >= 4 is 27.5 Å². The van der Waals surface area contributed by atoms with Crippen LogP contribution in [0.15, 0.2) is 12.1 Å². The Bertz CT molecular complexity index is 398. The Morgan fingerprint density at radius 1 is 1.44 bits per heavy atom. The number of halogens is 2. The molecule has 4 nitrogen and oxygen atoms in total. The van der Waals surface area contributed by atoms with E-state index in [2.05, 4.69) is 21.2 Å². The van der Waals surface area contributed by atoms with Gasteiger partial charge in [0, 0.05) is 0 Å². The molecule has 1 rings (SSSR count). The lowest BCUT2D eigenvalue weighted by atomic mass is 10.2. The molecule has 88 valence electrons. The Hall–Kier alpha value is -1.30. The first kappa shape index (κ1) is 12.8. The summed E-state index contributed by atoms with van der Waals surface area (Å²) in [5, 5.41) is 2.63. The molecule has 0 radical (unpaired) electrons. The summed E-state index contributed by atoms with van der Waals surface area (Å²) in [6.45, 7) is 0. The molecule has 0 atom stereocenters. The summed E-state index contributed by atoms with van der Waals surface area (Å²) in [4.78, 5) is 11.1. The van der Waals surface area contributed by atoms with Gasteiger partial charge in [0.25, 0.3) is 0 Å². The van der Waals surface area contributed by atoms with E-state index in [0.717, 1.165) is 0 Å². The summed E-state index contributed by atoms with van der Waals surface area (Å²) in [5.74, 6) is -0.914. The van der Waals surface area contributed by atoms with Gasteiger partial charge in [0.15, 0.2) is 11.5 Å². The average Bonchev–Trinajstić information content (AvgIpc) is 2.29. The third-order valence-electron chi connectivity index (χ3n) is 1.88. The highest BCUT2D eigenvalue weighted by Gasteiger charge is 2.15. The molecule has 1 aromatic carbocycles. The number of nitrogens with one attached hydrogen (secondary N) is 1. The van der Waals surface area contributed by atoms with E-state index < -0.39 is 5.82 Å². The normalized spacial score (nSPS) is 9.75. The van der Waals surface area contributed by atoms with Crippen molar-refractivity contribution in [2.75, 3.05) is 24.9 Å². The van der Waals surface area contributed by atoms with E-state index in [1.165, 1.54) is 26.4 Å². The second-order valence-corrected chi connectivity index (χ2v) is 3.41. The van der Waals surface area contributed by atoms with Gasteiger partial charge in [0.05, 0.1) is 25.2 Å². The van der Waals surface area contributed by atoms with Gasteiger partial charge in [-0.25, -0.2) is 0 Å². The first-order valence-corrected chi connectivity index (χ1v) is 5.52. The van der Waals surface area contributed by atoms with E-state index in [0.29, 0.717) is 0 Å². The minimum atomic E-state index is -0.641. The maximum atomic E-state index is 13.7. The van der Waals surface area contributed by atoms with Crippen molar-refractivity contribution in [3.8, 4) is 11.5 Å². The molecule has 16 heavy (non-hydrogen) atoms. The summed E-state index contributed by atoms with van der Waals surface area (Å²) in [5.41, 5.74) is 0.269. The lowest BCUT2D eigenvalue weighted by Gasteiger charge is -2.12. The van der Waals surface area contributed by atoms with Crippen LogP contribution < -0.4 is 14.8 Å². The van der Waals surface area contributed by atoms with Gasteiger partial charge in [0.1, 0.15) is 0 Å². The van der Waals surface area contributed by atoms with E-state index in [4.69, 9.17) is 9.47 Å². The van der Waals surface area contributed by atoms with Gasteiger partial charge in [-0.15, -0.1) is 0 Å². The van der Waals surface area contributed by atoms with Gasteiger partial charge in [-0.2, -0.15) is 4.39 Å². The Labute approximate surface area is 101 Å². The monoisotopic (exact) mass is 291 g/mol. The molecule has 0 saturated heterocycles. The number of amides is 1. The zero-order chi connectivity index (χ0) is 12.1. The Balaban J connectivity index is 3.10. The molecule has 1 N–H and O–H groups in total. The highest BCUT2D eigenvalue weighted by molar-refractivity contribution is 9.09. The standard InChI is InChI=1S/C10H11BrFNO3/c1-15-7-4-3-6(13-8(14)5-11)10(16-2)9(7)12/h3-4H,5H2,1-2H3,(H,13,14). The summed E-state index contributed by atoms with van der Waals surface area (Å²) in [7, 11) is 2.68. The van der Waals surface area contributed by atoms with E-state index >= 15 is 0 Å². The zero-order valence-electron chi connectivity index (χ0n) is 8.84. The summed E-state index contributed by atoms with van der Waals surface area (Å²) < 4.78 is 23.4. The number of carbonyl (C=O) groups excluding carboxylic acids is 1. The predicted molar refractivity (Wildman–Crippen MR) is 61.9 cm³/mol. The van der Waals surface area contributed by atoms with Crippen LogP contribution in [0.5, 0.6) is 11.5 Å². The van der Waals surface area contributed by atoms with Gasteiger partial charge in [-0.1, -0.05) is 15.9 Å². The fourth-order valence-electron chi connectivity index (χ4n) is 1.18. The van der Waals surface area contributed by atoms with Gasteiger partial charge in [-0.05, 0) is 12.1 Å². The molecule has 1 amide bonds. The number of rotatable bonds is 4. The summed E-state index contributed by atoms with van der Waals surface area (Å²) in [6.07, 6.45) is 0. The fraction of sp³-hybridized carbons (Fsp3) is 0.300. The topological polar surface area (TPSA) is 47.6 Å². The largest absolute Gasteiger partial charge is 0.494 e. The molecule has 0 aromatic heterocycles. The lowest BCUT2D eigenvalue weighted by Crippen LogP contribution is -2.13. The average molecular weight is 292 g/mol. The number of carbonyl (C=O) groups is 1. The Kier molecular flexibility index (Phi) is 4.54. The first-order valence-electron chi connectivity index (χ1n) is 4.40. The number of methoxy groups -OCH3 is 2. The third kappa shape index (κ3) is 2.63. The zero-order valence-corrected chi connectivity index (χ0v) is 10.4. The maximum absolute atomic E-state index is 13.7. The van der Waals surface area contributed by atoms with Crippen molar-refractivity contribution < 1.29 is 18.7 Å². The number of hydrogen-bond donors (Lipinski definition) is 1. The summed E-state index contributed by atoms with van der Waals surface area (Å²) >= 11 is 2.99. The van der Waals surface area contributed by atoms with Crippen LogP contribution in [-0.2, 0) is 4.79 Å². The summed E-state index contributed by atoms with van der Waals surface area (Å²) in [6, 6.07) is 2.93. The van der Waals surface area contributed by atoms with Gasteiger partial charge < -0.3 is 14.8 Å². The van der Waals surface area contributed by atoms with Crippen molar-refractivity contribution in [2.45, 2.75) is 0 Å². The molecule has 0 unspecified atom stereocenters. The predicted octanol–water partition coefficient (Wildman–Crippen LogP) is 2.18. The second kappa shape index (κ2) is 5.69.